The van der Waals surface area contributed by atoms with Crippen LogP contribution in [0.3, 0.4) is 0 Å². The SMILES string of the molecule is CCC(C)C(C)(CCNC)CN(C)C. The highest BCUT2D eigenvalue weighted by Gasteiger charge is 2.29. The number of hydrogen-bond donors (Lipinski definition) is 1. The van der Waals surface area contributed by atoms with Crippen molar-refractivity contribution < 1.29 is 0 Å². The molecule has 0 amide bonds. The molecule has 2 atom stereocenters. The number of nitrogens with one attached hydrogen (secondary N) is 1. The third kappa shape index (κ3) is 4.43. The quantitative estimate of drug-likeness (QED) is 0.678. The van der Waals surface area contributed by atoms with Gasteiger partial charge in [-0.05, 0) is 45.4 Å². The Bertz CT molecular complexity index is 145. The number of nitrogens with zero attached hydrogens (tertiary/aromatic N) is 1. The van der Waals surface area contributed by atoms with E-state index in [9.17, 15) is 0 Å². The zero-order valence-corrected chi connectivity index (χ0v) is 10.9. The first kappa shape index (κ1) is 13.9. The standard InChI is InChI=1S/C12H28N2/c1-7-11(2)12(3,8-9-13-4)10-14(5)6/h11,13H,7-10H2,1-6H3. The molecule has 0 rings (SSSR count). The van der Waals surface area contributed by atoms with Gasteiger partial charge >= 0.3 is 0 Å². The molecule has 0 aromatic heterocycles. The van der Waals surface area contributed by atoms with Crippen molar-refractivity contribution in [1.29, 1.82) is 0 Å². The molecule has 0 aliphatic rings. The lowest BCUT2D eigenvalue weighted by Crippen LogP contribution is -2.38. The zero-order valence-electron chi connectivity index (χ0n) is 10.9. The Morgan fingerprint density at radius 2 is 1.93 bits per heavy atom. The van der Waals surface area contributed by atoms with Crippen molar-refractivity contribution in [1.82, 2.24) is 10.2 Å². The van der Waals surface area contributed by atoms with Gasteiger partial charge in [0.1, 0.15) is 0 Å². The molecule has 0 saturated heterocycles. The Morgan fingerprint density at radius 3 is 2.29 bits per heavy atom. The van der Waals surface area contributed by atoms with Crippen LogP contribution in [-0.4, -0.2) is 39.1 Å². The van der Waals surface area contributed by atoms with Crippen molar-refractivity contribution in [2.75, 3.05) is 34.2 Å². The lowest BCUT2D eigenvalue weighted by Gasteiger charge is -2.38. The van der Waals surface area contributed by atoms with Crippen LogP contribution in [0.25, 0.3) is 0 Å². The molecule has 14 heavy (non-hydrogen) atoms. The van der Waals surface area contributed by atoms with Crippen LogP contribution in [0.1, 0.15) is 33.6 Å². The minimum atomic E-state index is 0.446. The van der Waals surface area contributed by atoms with Crippen LogP contribution in [0, 0.1) is 11.3 Å². The van der Waals surface area contributed by atoms with Crippen LogP contribution in [0.5, 0.6) is 0 Å². The van der Waals surface area contributed by atoms with Crippen molar-refractivity contribution in [2.45, 2.75) is 33.6 Å². The fourth-order valence-corrected chi connectivity index (χ4v) is 2.11. The van der Waals surface area contributed by atoms with Gasteiger partial charge in [-0.2, -0.15) is 0 Å². The van der Waals surface area contributed by atoms with Gasteiger partial charge in [0.25, 0.3) is 0 Å². The van der Waals surface area contributed by atoms with E-state index in [-0.39, 0.29) is 0 Å². The first-order valence-corrected chi connectivity index (χ1v) is 5.75. The maximum Gasteiger partial charge on any atom is 0.00323 e. The van der Waals surface area contributed by atoms with Gasteiger partial charge in [-0.3, -0.25) is 0 Å². The Morgan fingerprint density at radius 1 is 1.36 bits per heavy atom. The van der Waals surface area contributed by atoms with Crippen LogP contribution in [0.2, 0.25) is 0 Å². The molecule has 0 radical (unpaired) electrons. The molecule has 0 saturated carbocycles. The maximum absolute atomic E-state index is 3.26. The Hall–Kier alpha value is -0.0800. The van der Waals surface area contributed by atoms with Crippen molar-refractivity contribution in [3.63, 3.8) is 0 Å². The van der Waals surface area contributed by atoms with E-state index in [0.29, 0.717) is 5.41 Å². The lowest BCUT2D eigenvalue weighted by atomic mass is 9.73. The average Bonchev–Trinajstić information content (AvgIpc) is 2.12. The smallest absolute Gasteiger partial charge is 0.00323 e. The van der Waals surface area contributed by atoms with Crippen LogP contribution in [0.4, 0.5) is 0 Å². The van der Waals surface area contributed by atoms with Crippen LogP contribution >= 0.6 is 0 Å². The first-order chi connectivity index (χ1) is 6.46. The van der Waals surface area contributed by atoms with Crippen LogP contribution in [0.15, 0.2) is 0 Å². The van der Waals surface area contributed by atoms with E-state index >= 15 is 0 Å². The summed E-state index contributed by atoms with van der Waals surface area (Å²) in [5.74, 6) is 0.790. The largest absolute Gasteiger partial charge is 0.320 e. The second-order valence-corrected chi connectivity index (χ2v) is 5.05. The van der Waals surface area contributed by atoms with E-state index in [4.69, 9.17) is 0 Å². The minimum Gasteiger partial charge on any atom is -0.320 e. The van der Waals surface area contributed by atoms with E-state index in [0.717, 1.165) is 12.5 Å². The molecule has 0 aliphatic heterocycles. The normalized spacial score (nSPS) is 18.2. The third-order valence-electron chi connectivity index (χ3n) is 3.43. The molecule has 0 bridgehead atoms. The van der Waals surface area contributed by atoms with Gasteiger partial charge in [0.15, 0.2) is 0 Å². The summed E-state index contributed by atoms with van der Waals surface area (Å²) in [6, 6.07) is 0. The summed E-state index contributed by atoms with van der Waals surface area (Å²) in [5, 5.41) is 3.26. The van der Waals surface area contributed by atoms with Gasteiger partial charge in [0.05, 0.1) is 0 Å². The first-order valence-electron chi connectivity index (χ1n) is 5.75. The molecular formula is C12H28N2. The topological polar surface area (TPSA) is 15.3 Å². The second-order valence-electron chi connectivity index (χ2n) is 5.05. The number of rotatable bonds is 7. The fourth-order valence-electron chi connectivity index (χ4n) is 2.11. The predicted octanol–water partition coefficient (Wildman–Crippen LogP) is 2.21. The molecule has 1 N–H and O–H groups in total. The fraction of sp³-hybridized carbons (Fsp3) is 1.00. The lowest BCUT2D eigenvalue weighted by molar-refractivity contribution is 0.125. The molecule has 0 aromatic carbocycles. The molecule has 2 heteroatoms. The van der Waals surface area contributed by atoms with E-state index in [1.54, 1.807) is 0 Å². The van der Waals surface area contributed by atoms with Crippen molar-refractivity contribution >= 4 is 0 Å². The molecule has 86 valence electrons. The molecule has 0 fully saturated rings. The summed E-state index contributed by atoms with van der Waals surface area (Å²) in [4.78, 5) is 2.31. The van der Waals surface area contributed by atoms with Gasteiger partial charge in [0, 0.05) is 6.54 Å². The monoisotopic (exact) mass is 200 g/mol. The molecule has 0 aromatic rings. The van der Waals surface area contributed by atoms with Gasteiger partial charge in [0.2, 0.25) is 0 Å². The second kappa shape index (κ2) is 6.41. The summed E-state index contributed by atoms with van der Waals surface area (Å²) in [6.45, 7) is 9.38. The summed E-state index contributed by atoms with van der Waals surface area (Å²) in [6.07, 6.45) is 2.53. The van der Waals surface area contributed by atoms with Crippen LogP contribution in [-0.2, 0) is 0 Å². The zero-order chi connectivity index (χ0) is 11.2. The summed E-state index contributed by atoms with van der Waals surface area (Å²) in [5.41, 5.74) is 0.446. The van der Waals surface area contributed by atoms with E-state index in [2.05, 4.69) is 45.1 Å². The number of hydrogen-bond acceptors (Lipinski definition) is 2. The average molecular weight is 200 g/mol. The van der Waals surface area contributed by atoms with Crippen molar-refractivity contribution in [2.24, 2.45) is 11.3 Å². The molecule has 0 heterocycles. The van der Waals surface area contributed by atoms with E-state index in [1.165, 1.54) is 19.4 Å². The molecule has 2 unspecified atom stereocenters. The Balaban J connectivity index is 4.32. The summed E-state index contributed by atoms with van der Waals surface area (Å²) >= 11 is 0. The molecule has 0 aliphatic carbocycles. The van der Waals surface area contributed by atoms with Gasteiger partial charge in [-0.15, -0.1) is 0 Å². The van der Waals surface area contributed by atoms with Crippen molar-refractivity contribution in [3.8, 4) is 0 Å². The summed E-state index contributed by atoms with van der Waals surface area (Å²) in [7, 11) is 6.37. The maximum atomic E-state index is 3.26. The Kier molecular flexibility index (Phi) is 6.38. The Labute approximate surface area is 90.1 Å². The predicted molar refractivity (Wildman–Crippen MR) is 64.7 cm³/mol. The molecular weight excluding hydrogens is 172 g/mol. The van der Waals surface area contributed by atoms with Crippen LogP contribution < -0.4 is 5.32 Å². The third-order valence-corrected chi connectivity index (χ3v) is 3.43. The van der Waals surface area contributed by atoms with Gasteiger partial charge < -0.3 is 10.2 Å². The van der Waals surface area contributed by atoms with Crippen molar-refractivity contribution in [3.05, 3.63) is 0 Å². The minimum absolute atomic E-state index is 0.446. The van der Waals surface area contributed by atoms with E-state index < -0.39 is 0 Å². The highest BCUT2D eigenvalue weighted by atomic mass is 15.1. The highest BCUT2D eigenvalue weighted by molar-refractivity contribution is 4.82. The van der Waals surface area contributed by atoms with Gasteiger partial charge in [-0.1, -0.05) is 27.2 Å². The summed E-state index contributed by atoms with van der Waals surface area (Å²) < 4.78 is 0. The van der Waals surface area contributed by atoms with Gasteiger partial charge in [-0.25, -0.2) is 0 Å². The molecule has 0 spiro atoms. The highest BCUT2D eigenvalue weighted by Crippen LogP contribution is 2.33. The molecule has 2 nitrogen and oxygen atoms in total. The van der Waals surface area contributed by atoms with E-state index in [1.807, 2.05) is 7.05 Å².